The van der Waals surface area contributed by atoms with Crippen molar-refractivity contribution in [1.82, 2.24) is 9.97 Å². The Hall–Kier alpha value is -2.41. The van der Waals surface area contributed by atoms with Crippen molar-refractivity contribution in [2.45, 2.75) is 11.3 Å². The van der Waals surface area contributed by atoms with E-state index in [1.807, 2.05) is 42.1 Å². The van der Waals surface area contributed by atoms with E-state index in [0.717, 1.165) is 29.0 Å². The van der Waals surface area contributed by atoms with Crippen LogP contribution in [-0.4, -0.2) is 34.0 Å². The summed E-state index contributed by atoms with van der Waals surface area (Å²) >= 11 is 3.65. The molecule has 0 saturated heterocycles. The van der Waals surface area contributed by atoms with Gasteiger partial charge in [-0.15, -0.1) is 23.1 Å². The molecule has 5 rings (SSSR count). The number of thiophene rings is 1. The predicted molar refractivity (Wildman–Crippen MR) is 115 cm³/mol. The van der Waals surface area contributed by atoms with Gasteiger partial charge in [0.2, 0.25) is 5.88 Å². The highest BCUT2D eigenvalue weighted by atomic mass is 32.2. The minimum Gasteiger partial charge on any atom is -0.475 e. The van der Waals surface area contributed by atoms with E-state index in [1.165, 1.54) is 19.9 Å². The molecule has 28 heavy (non-hydrogen) atoms. The van der Waals surface area contributed by atoms with Crippen LogP contribution in [0.1, 0.15) is 5.56 Å². The summed E-state index contributed by atoms with van der Waals surface area (Å²) in [7, 11) is 0. The highest BCUT2D eigenvalue weighted by Gasteiger charge is 2.26. The number of aromatic nitrogens is 2. The third kappa shape index (κ3) is 3.07. The van der Waals surface area contributed by atoms with Crippen LogP contribution in [0.4, 0.5) is 0 Å². The van der Waals surface area contributed by atoms with E-state index in [4.69, 9.17) is 14.7 Å². The Bertz CT molecular complexity index is 1140. The molecule has 0 atom stereocenters. The molecule has 0 amide bonds. The summed E-state index contributed by atoms with van der Waals surface area (Å²) in [6, 6.07) is 18.5. The van der Waals surface area contributed by atoms with Gasteiger partial charge in [-0.3, -0.25) is 0 Å². The Morgan fingerprint density at radius 3 is 2.68 bits per heavy atom. The molecular weight excluding hydrogens is 388 g/mol. The molecule has 2 aromatic heterocycles. The van der Waals surface area contributed by atoms with Gasteiger partial charge in [-0.2, -0.15) is 4.98 Å². The number of fused-ring (bicyclic) bond motifs is 5. The molecule has 6 heteroatoms. The van der Waals surface area contributed by atoms with Crippen molar-refractivity contribution in [3.63, 3.8) is 0 Å². The van der Waals surface area contributed by atoms with Crippen molar-refractivity contribution in [1.29, 1.82) is 0 Å². The monoisotopic (exact) mass is 406 g/mol. The normalized spacial score (nSPS) is 13.0. The molecular formula is C22H18N2O2S2. The third-order valence-corrected chi connectivity index (χ3v) is 7.12. The molecule has 140 valence electrons. The highest BCUT2D eigenvalue weighted by Crippen LogP contribution is 2.48. The first-order chi connectivity index (χ1) is 13.8. The quantitative estimate of drug-likeness (QED) is 0.514. The molecule has 3 heterocycles. The van der Waals surface area contributed by atoms with Gasteiger partial charge >= 0.3 is 0 Å². The SMILES string of the molecule is OCCOc1nc(-c2ccccc2)nc2c1CCSc1c-2sc2ccccc12. The van der Waals surface area contributed by atoms with Crippen molar-refractivity contribution >= 4 is 33.2 Å². The number of rotatable bonds is 4. The van der Waals surface area contributed by atoms with Gasteiger partial charge in [0.25, 0.3) is 0 Å². The Labute approximate surface area is 171 Å². The van der Waals surface area contributed by atoms with Crippen LogP contribution in [-0.2, 0) is 6.42 Å². The van der Waals surface area contributed by atoms with E-state index in [1.54, 1.807) is 11.3 Å². The fourth-order valence-corrected chi connectivity index (χ4v) is 5.98. The summed E-state index contributed by atoms with van der Waals surface area (Å²) < 4.78 is 7.12. The molecule has 4 nitrogen and oxygen atoms in total. The fourth-order valence-electron chi connectivity index (χ4n) is 3.43. The highest BCUT2D eigenvalue weighted by molar-refractivity contribution is 7.99. The molecule has 0 saturated carbocycles. The molecule has 0 radical (unpaired) electrons. The number of aliphatic hydroxyl groups excluding tert-OH is 1. The zero-order valence-electron chi connectivity index (χ0n) is 15.1. The van der Waals surface area contributed by atoms with Gasteiger partial charge < -0.3 is 9.84 Å². The van der Waals surface area contributed by atoms with Crippen LogP contribution < -0.4 is 4.74 Å². The lowest BCUT2D eigenvalue weighted by Crippen LogP contribution is -2.09. The minimum absolute atomic E-state index is 0.0394. The largest absolute Gasteiger partial charge is 0.475 e. The number of nitrogens with zero attached hydrogens (tertiary/aromatic N) is 2. The molecule has 0 aliphatic carbocycles. The third-order valence-electron chi connectivity index (χ3n) is 4.69. The smallest absolute Gasteiger partial charge is 0.220 e. The Morgan fingerprint density at radius 2 is 1.82 bits per heavy atom. The summed E-state index contributed by atoms with van der Waals surface area (Å²) in [6.45, 7) is 0.187. The molecule has 1 N–H and O–H groups in total. The summed E-state index contributed by atoms with van der Waals surface area (Å²) in [5.41, 5.74) is 2.95. The van der Waals surface area contributed by atoms with Gasteiger partial charge in [0.15, 0.2) is 5.82 Å². The number of hydrogen-bond donors (Lipinski definition) is 1. The summed E-state index contributed by atoms with van der Waals surface area (Å²) in [6.07, 6.45) is 0.839. The molecule has 0 spiro atoms. The zero-order chi connectivity index (χ0) is 18.9. The number of benzene rings is 2. The van der Waals surface area contributed by atoms with Crippen molar-refractivity contribution in [3.05, 3.63) is 60.2 Å². The van der Waals surface area contributed by atoms with E-state index >= 15 is 0 Å². The standard InChI is InChI=1S/C22H18N2O2S2/c25-11-12-26-22-16-10-13-27-19-15-8-4-5-9-17(15)28-20(19)18(16)23-21(24-22)14-6-2-1-3-7-14/h1-9,25H,10-13H2. The first kappa shape index (κ1) is 17.7. The molecule has 2 aromatic carbocycles. The molecule has 1 aliphatic rings. The molecule has 4 aromatic rings. The lowest BCUT2D eigenvalue weighted by molar-refractivity contribution is 0.195. The molecule has 0 fully saturated rings. The minimum atomic E-state index is -0.0394. The lowest BCUT2D eigenvalue weighted by Gasteiger charge is -2.13. The van der Waals surface area contributed by atoms with Gasteiger partial charge in [0.1, 0.15) is 6.61 Å². The van der Waals surface area contributed by atoms with Crippen LogP contribution in [0.3, 0.4) is 0 Å². The van der Waals surface area contributed by atoms with Crippen LogP contribution >= 0.6 is 23.1 Å². The van der Waals surface area contributed by atoms with E-state index < -0.39 is 0 Å². The lowest BCUT2D eigenvalue weighted by atomic mass is 10.1. The maximum Gasteiger partial charge on any atom is 0.220 e. The van der Waals surface area contributed by atoms with Gasteiger partial charge in [-0.05, 0) is 12.5 Å². The topological polar surface area (TPSA) is 55.2 Å². The van der Waals surface area contributed by atoms with Crippen molar-refractivity contribution in [3.8, 4) is 27.8 Å². The van der Waals surface area contributed by atoms with Gasteiger partial charge in [-0.25, -0.2) is 4.98 Å². The Kier molecular flexibility index (Phi) is 4.76. The second-order valence-corrected chi connectivity index (χ2v) is 8.63. The van der Waals surface area contributed by atoms with Crippen LogP contribution in [0.15, 0.2) is 59.5 Å². The maximum absolute atomic E-state index is 9.26. The van der Waals surface area contributed by atoms with E-state index in [2.05, 4.69) is 24.3 Å². The molecule has 0 unspecified atom stereocenters. The van der Waals surface area contributed by atoms with Gasteiger partial charge in [0, 0.05) is 31.9 Å². The van der Waals surface area contributed by atoms with Crippen LogP contribution in [0.25, 0.3) is 32.0 Å². The van der Waals surface area contributed by atoms with Crippen LogP contribution in [0.5, 0.6) is 5.88 Å². The van der Waals surface area contributed by atoms with Crippen LogP contribution in [0.2, 0.25) is 0 Å². The Morgan fingerprint density at radius 1 is 1.00 bits per heavy atom. The van der Waals surface area contributed by atoms with E-state index in [9.17, 15) is 5.11 Å². The fraction of sp³-hybridized carbons (Fsp3) is 0.182. The maximum atomic E-state index is 9.26. The summed E-state index contributed by atoms with van der Waals surface area (Å²) in [5.74, 6) is 2.19. The Balaban J connectivity index is 1.76. The summed E-state index contributed by atoms with van der Waals surface area (Å²) in [5, 5.41) is 10.5. The number of ether oxygens (including phenoxy) is 1. The van der Waals surface area contributed by atoms with E-state index in [0.29, 0.717) is 11.7 Å². The molecule has 0 bridgehead atoms. The second-order valence-electron chi connectivity index (χ2n) is 6.47. The van der Waals surface area contributed by atoms with Gasteiger partial charge in [-0.1, -0.05) is 48.5 Å². The van der Waals surface area contributed by atoms with Crippen molar-refractivity contribution < 1.29 is 9.84 Å². The van der Waals surface area contributed by atoms with Crippen molar-refractivity contribution in [2.24, 2.45) is 0 Å². The molecule has 1 aliphatic heterocycles. The number of aliphatic hydroxyl groups is 1. The number of hydrogen-bond acceptors (Lipinski definition) is 6. The zero-order valence-corrected chi connectivity index (χ0v) is 16.7. The van der Waals surface area contributed by atoms with Crippen LogP contribution in [0, 0.1) is 0 Å². The first-order valence-corrected chi connectivity index (χ1v) is 11.0. The van der Waals surface area contributed by atoms with E-state index in [-0.39, 0.29) is 13.2 Å². The summed E-state index contributed by atoms with van der Waals surface area (Å²) in [4.78, 5) is 12.2. The van der Waals surface area contributed by atoms with Gasteiger partial charge in [0.05, 0.1) is 17.2 Å². The van der Waals surface area contributed by atoms with Crippen molar-refractivity contribution in [2.75, 3.05) is 19.0 Å². The number of thioether (sulfide) groups is 1. The average molecular weight is 407 g/mol. The average Bonchev–Trinajstić information content (AvgIpc) is 3.01. The second kappa shape index (κ2) is 7.54. The first-order valence-electron chi connectivity index (χ1n) is 9.20. The predicted octanol–water partition coefficient (Wildman–Crippen LogP) is 5.04.